The summed E-state index contributed by atoms with van der Waals surface area (Å²) in [6, 6.07) is 11.0. The van der Waals surface area contributed by atoms with E-state index in [2.05, 4.69) is 20.8 Å². The summed E-state index contributed by atoms with van der Waals surface area (Å²) in [5.41, 5.74) is 2.75. The van der Waals surface area contributed by atoms with Crippen molar-refractivity contribution < 1.29 is 18.5 Å². The molecule has 3 aromatic rings. The lowest BCUT2D eigenvalue weighted by atomic mass is 10.1. The maximum atomic E-state index is 13.0. The maximum absolute atomic E-state index is 13.0. The third kappa shape index (κ3) is 5.00. The van der Waals surface area contributed by atoms with Crippen LogP contribution in [0.5, 0.6) is 0 Å². The number of aromatic nitrogens is 2. The van der Waals surface area contributed by atoms with Crippen molar-refractivity contribution in [2.24, 2.45) is 0 Å². The van der Waals surface area contributed by atoms with Gasteiger partial charge < -0.3 is 15.2 Å². The van der Waals surface area contributed by atoms with Crippen LogP contribution in [0.2, 0.25) is 0 Å². The predicted octanol–water partition coefficient (Wildman–Crippen LogP) is 3.71. The van der Waals surface area contributed by atoms with E-state index in [1.165, 1.54) is 19.1 Å². The van der Waals surface area contributed by atoms with E-state index in [9.17, 15) is 14.0 Å². The number of carbonyl (C=O) groups excluding carboxylic acids is 2. The number of aryl methyl sites for hydroxylation is 2. The highest BCUT2D eigenvalue weighted by Crippen LogP contribution is 2.21. The Kier molecular flexibility index (Phi) is 5.78. The van der Waals surface area contributed by atoms with Gasteiger partial charge in [-0.25, -0.2) is 4.39 Å². The minimum Gasteiger partial charge on any atom is -0.339 e. The Morgan fingerprint density at radius 1 is 1.11 bits per heavy atom. The highest BCUT2D eigenvalue weighted by molar-refractivity contribution is 5.94. The average Bonchev–Trinajstić information content (AvgIpc) is 3.12. The Hall–Kier alpha value is -3.55. The van der Waals surface area contributed by atoms with Crippen molar-refractivity contribution in [1.82, 2.24) is 10.1 Å². The molecular weight excluding hydrogens is 363 g/mol. The fourth-order valence-electron chi connectivity index (χ4n) is 2.54. The van der Waals surface area contributed by atoms with E-state index >= 15 is 0 Å². The second-order valence-electron chi connectivity index (χ2n) is 6.28. The summed E-state index contributed by atoms with van der Waals surface area (Å²) in [6.07, 6.45) is 0.416. The zero-order valence-electron chi connectivity index (χ0n) is 15.5. The van der Waals surface area contributed by atoms with Crippen LogP contribution < -0.4 is 10.6 Å². The molecular formula is C20H19FN4O3. The number of nitrogens with one attached hydrogen (secondary N) is 2. The van der Waals surface area contributed by atoms with Crippen molar-refractivity contribution in [1.29, 1.82) is 0 Å². The first-order valence-corrected chi connectivity index (χ1v) is 8.67. The molecule has 2 amide bonds. The van der Waals surface area contributed by atoms with Gasteiger partial charge in [-0.05, 0) is 48.9 Å². The molecule has 0 aliphatic rings. The summed E-state index contributed by atoms with van der Waals surface area (Å²) in [6.45, 7) is 3.29. The Balaban J connectivity index is 1.57. The molecule has 0 radical (unpaired) electrons. The van der Waals surface area contributed by atoms with Gasteiger partial charge in [0.05, 0.1) is 0 Å². The van der Waals surface area contributed by atoms with E-state index in [1.807, 2.05) is 13.0 Å². The average molecular weight is 382 g/mol. The molecule has 28 heavy (non-hydrogen) atoms. The van der Waals surface area contributed by atoms with Crippen LogP contribution in [-0.4, -0.2) is 22.0 Å². The van der Waals surface area contributed by atoms with Crippen molar-refractivity contribution in [2.75, 3.05) is 10.6 Å². The van der Waals surface area contributed by atoms with Crippen LogP contribution in [0.15, 0.2) is 47.0 Å². The fourth-order valence-corrected chi connectivity index (χ4v) is 2.54. The second kappa shape index (κ2) is 8.43. The molecule has 1 aromatic heterocycles. The van der Waals surface area contributed by atoms with Crippen LogP contribution in [0.25, 0.3) is 11.4 Å². The summed E-state index contributed by atoms with van der Waals surface area (Å²) in [5, 5.41) is 9.34. The van der Waals surface area contributed by atoms with Crippen molar-refractivity contribution in [2.45, 2.75) is 26.7 Å². The van der Waals surface area contributed by atoms with E-state index in [-0.39, 0.29) is 30.5 Å². The lowest BCUT2D eigenvalue weighted by Gasteiger charge is -2.10. The van der Waals surface area contributed by atoms with Crippen molar-refractivity contribution in [3.63, 3.8) is 0 Å². The van der Waals surface area contributed by atoms with Crippen LogP contribution in [0.1, 0.15) is 24.8 Å². The molecule has 0 fully saturated rings. The summed E-state index contributed by atoms with van der Waals surface area (Å²) in [4.78, 5) is 27.6. The summed E-state index contributed by atoms with van der Waals surface area (Å²) >= 11 is 0. The van der Waals surface area contributed by atoms with Gasteiger partial charge in [-0.2, -0.15) is 4.98 Å². The zero-order valence-corrected chi connectivity index (χ0v) is 15.5. The molecule has 2 N–H and O–H groups in total. The lowest BCUT2D eigenvalue weighted by molar-refractivity contribution is -0.116. The number of rotatable bonds is 6. The molecule has 0 saturated heterocycles. The minimum absolute atomic E-state index is 0.147. The first-order chi connectivity index (χ1) is 13.4. The van der Waals surface area contributed by atoms with Crippen molar-refractivity contribution in [3.05, 3.63) is 59.7 Å². The van der Waals surface area contributed by atoms with Gasteiger partial charge in [0.25, 0.3) is 0 Å². The van der Waals surface area contributed by atoms with Crippen LogP contribution >= 0.6 is 0 Å². The highest BCUT2D eigenvalue weighted by atomic mass is 19.1. The lowest BCUT2D eigenvalue weighted by Crippen LogP contribution is -2.13. The largest absolute Gasteiger partial charge is 0.339 e. The molecule has 2 aromatic carbocycles. The standard InChI is InChI=1S/C20H19FN4O3/c1-12-3-8-16(11-17(12)22-13(2)26)23-18(27)9-10-19-24-20(25-28-19)14-4-6-15(21)7-5-14/h3-8,11H,9-10H2,1-2H3,(H,22,26)(H,23,27). The molecule has 7 nitrogen and oxygen atoms in total. The van der Waals surface area contributed by atoms with E-state index in [0.29, 0.717) is 28.7 Å². The monoisotopic (exact) mass is 382 g/mol. The number of benzene rings is 2. The van der Waals surface area contributed by atoms with E-state index in [0.717, 1.165) is 5.56 Å². The number of anilines is 2. The van der Waals surface area contributed by atoms with E-state index in [4.69, 9.17) is 4.52 Å². The zero-order chi connectivity index (χ0) is 20.1. The maximum Gasteiger partial charge on any atom is 0.227 e. The number of nitrogens with zero attached hydrogens (tertiary/aromatic N) is 2. The molecule has 0 unspecified atom stereocenters. The van der Waals surface area contributed by atoms with Crippen LogP contribution in [0, 0.1) is 12.7 Å². The Bertz CT molecular complexity index is 999. The molecule has 0 bridgehead atoms. The van der Waals surface area contributed by atoms with Crippen LogP contribution in [-0.2, 0) is 16.0 Å². The van der Waals surface area contributed by atoms with Gasteiger partial charge in [-0.15, -0.1) is 0 Å². The molecule has 144 valence electrons. The fraction of sp³-hybridized carbons (Fsp3) is 0.200. The van der Waals surface area contributed by atoms with E-state index in [1.54, 1.807) is 24.3 Å². The Morgan fingerprint density at radius 3 is 2.57 bits per heavy atom. The summed E-state index contributed by atoms with van der Waals surface area (Å²) in [5.74, 6) is -0.0906. The van der Waals surface area contributed by atoms with Gasteiger partial charge in [0.2, 0.25) is 23.5 Å². The number of hydrogen-bond donors (Lipinski definition) is 2. The smallest absolute Gasteiger partial charge is 0.227 e. The SMILES string of the molecule is CC(=O)Nc1cc(NC(=O)CCc2nc(-c3ccc(F)cc3)no2)ccc1C. The third-order valence-corrected chi connectivity index (χ3v) is 3.97. The van der Waals surface area contributed by atoms with Gasteiger partial charge in [0.1, 0.15) is 5.82 Å². The Morgan fingerprint density at radius 2 is 1.86 bits per heavy atom. The summed E-state index contributed by atoms with van der Waals surface area (Å²) in [7, 11) is 0. The summed E-state index contributed by atoms with van der Waals surface area (Å²) < 4.78 is 18.1. The number of halogens is 1. The van der Waals surface area contributed by atoms with Gasteiger partial charge >= 0.3 is 0 Å². The minimum atomic E-state index is -0.345. The molecule has 0 aliphatic carbocycles. The topological polar surface area (TPSA) is 97.1 Å². The van der Waals surface area contributed by atoms with E-state index < -0.39 is 0 Å². The quantitative estimate of drug-likeness (QED) is 0.677. The third-order valence-electron chi connectivity index (χ3n) is 3.97. The normalized spacial score (nSPS) is 10.5. The Labute approximate surface area is 161 Å². The van der Waals surface area contributed by atoms with Gasteiger partial charge in [-0.3, -0.25) is 9.59 Å². The van der Waals surface area contributed by atoms with Crippen LogP contribution in [0.3, 0.4) is 0 Å². The first-order valence-electron chi connectivity index (χ1n) is 8.67. The highest BCUT2D eigenvalue weighted by Gasteiger charge is 2.12. The van der Waals surface area contributed by atoms with Crippen molar-refractivity contribution >= 4 is 23.2 Å². The molecule has 1 heterocycles. The second-order valence-corrected chi connectivity index (χ2v) is 6.28. The molecule has 0 aliphatic heterocycles. The number of hydrogen-bond acceptors (Lipinski definition) is 5. The van der Waals surface area contributed by atoms with Gasteiger partial charge in [0, 0.05) is 36.7 Å². The molecule has 0 spiro atoms. The van der Waals surface area contributed by atoms with Gasteiger partial charge in [0.15, 0.2) is 0 Å². The molecule has 8 heteroatoms. The number of carbonyl (C=O) groups is 2. The molecule has 3 rings (SSSR count). The van der Waals surface area contributed by atoms with Crippen LogP contribution in [0.4, 0.5) is 15.8 Å². The molecule has 0 saturated carbocycles. The predicted molar refractivity (Wildman–Crippen MR) is 102 cm³/mol. The first kappa shape index (κ1) is 19.2. The van der Waals surface area contributed by atoms with Crippen molar-refractivity contribution in [3.8, 4) is 11.4 Å². The number of amides is 2. The molecule has 0 atom stereocenters. The van der Waals surface area contributed by atoms with Gasteiger partial charge in [-0.1, -0.05) is 11.2 Å².